The van der Waals surface area contributed by atoms with Crippen LogP contribution in [0.25, 0.3) is 10.9 Å². The molecule has 2 aromatic carbocycles. The number of rotatable bonds is 2. The highest BCUT2D eigenvalue weighted by Gasteiger charge is 2.18. The molecule has 1 aromatic heterocycles. The van der Waals surface area contributed by atoms with Crippen molar-refractivity contribution in [3.8, 4) is 5.75 Å². The van der Waals surface area contributed by atoms with Crippen LogP contribution in [0.4, 0.5) is 0 Å². The van der Waals surface area contributed by atoms with Gasteiger partial charge < -0.3 is 9.30 Å². The Labute approximate surface area is 145 Å². The molecule has 0 saturated carbocycles. The van der Waals surface area contributed by atoms with Crippen LogP contribution in [-0.4, -0.2) is 11.2 Å². The average Bonchev–Trinajstić information content (AvgIpc) is 2.56. The Kier molecular flexibility index (Phi) is 4.03. The maximum atomic E-state index is 12.4. The summed E-state index contributed by atoms with van der Waals surface area (Å²) in [4.78, 5) is 12.4. The summed E-state index contributed by atoms with van der Waals surface area (Å²) in [5.41, 5.74) is 3.06. The summed E-state index contributed by atoms with van der Waals surface area (Å²) in [5, 5.41) is 1.54. The second-order valence-corrected chi connectivity index (χ2v) is 6.56. The van der Waals surface area contributed by atoms with Gasteiger partial charge in [0, 0.05) is 30.0 Å². The summed E-state index contributed by atoms with van der Waals surface area (Å²) < 4.78 is 7.91. The highest BCUT2D eigenvalue weighted by molar-refractivity contribution is 6.35. The Morgan fingerprint density at radius 1 is 1.08 bits per heavy atom. The van der Waals surface area contributed by atoms with E-state index in [1.165, 1.54) is 5.56 Å². The molecule has 1 aliphatic rings. The number of aromatic nitrogens is 1. The lowest BCUT2D eigenvalue weighted by Gasteiger charge is -2.21. The van der Waals surface area contributed by atoms with Gasteiger partial charge >= 0.3 is 0 Å². The Morgan fingerprint density at radius 2 is 1.92 bits per heavy atom. The van der Waals surface area contributed by atoms with E-state index in [1.54, 1.807) is 12.1 Å². The zero-order valence-corrected chi connectivity index (χ0v) is 14.1. The van der Waals surface area contributed by atoms with Gasteiger partial charge in [0.05, 0.1) is 17.1 Å². The Balaban J connectivity index is 1.98. The first kappa shape index (κ1) is 15.3. The van der Waals surface area contributed by atoms with Crippen LogP contribution < -0.4 is 10.3 Å². The maximum absolute atomic E-state index is 12.4. The number of halogens is 1. The van der Waals surface area contributed by atoms with Crippen LogP contribution in [-0.2, 0) is 13.0 Å². The van der Waals surface area contributed by atoms with Gasteiger partial charge in [-0.05, 0) is 30.5 Å². The molecule has 4 rings (SSSR count). The molecule has 3 aromatic rings. The highest BCUT2D eigenvalue weighted by Crippen LogP contribution is 2.36. The number of benzene rings is 2. The van der Waals surface area contributed by atoms with Crippen molar-refractivity contribution in [1.29, 1.82) is 0 Å². The van der Waals surface area contributed by atoms with Crippen molar-refractivity contribution in [2.75, 3.05) is 6.61 Å². The number of ether oxygens (including phenoxy) is 1. The second kappa shape index (κ2) is 6.33. The largest absolute Gasteiger partial charge is 0.491 e. The molecule has 24 heavy (non-hydrogen) atoms. The lowest BCUT2D eigenvalue weighted by Crippen LogP contribution is -2.22. The van der Waals surface area contributed by atoms with Crippen molar-refractivity contribution in [3.05, 3.63) is 75.0 Å². The topological polar surface area (TPSA) is 31.2 Å². The molecule has 0 saturated heterocycles. The molecular weight excluding hydrogens is 322 g/mol. The van der Waals surface area contributed by atoms with Gasteiger partial charge in [0.25, 0.3) is 5.56 Å². The minimum absolute atomic E-state index is 0.00202. The highest BCUT2D eigenvalue weighted by atomic mass is 35.5. The van der Waals surface area contributed by atoms with E-state index in [9.17, 15) is 4.79 Å². The first-order chi connectivity index (χ1) is 11.7. The maximum Gasteiger partial charge on any atom is 0.251 e. The van der Waals surface area contributed by atoms with Gasteiger partial charge in [-0.15, -0.1) is 0 Å². The summed E-state index contributed by atoms with van der Waals surface area (Å²) in [6, 6.07) is 15.6. The number of hydrogen-bond acceptors (Lipinski definition) is 2. The smallest absolute Gasteiger partial charge is 0.251 e. The minimum Gasteiger partial charge on any atom is -0.491 e. The van der Waals surface area contributed by atoms with E-state index in [-0.39, 0.29) is 5.56 Å². The predicted octanol–water partition coefficient (Wildman–Crippen LogP) is 4.42. The summed E-state index contributed by atoms with van der Waals surface area (Å²) in [6.45, 7) is 1.37. The van der Waals surface area contributed by atoms with Gasteiger partial charge in [0.1, 0.15) is 5.75 Å². The molecule has 0 atom stereocenters. The fourth-order valence-electron chi connectivity index (χ4n) is 3.34. The summed E-state index contributed by atoms with van der Waals surface area (Å²) in [5.74, 6) is 0.802. The molecule has 0 bridgehead atoms. The summed E-state index contributed by atoms with van der Waals surface area (Å²) in [7, 11) is 0. The fourth-order valence-corrected chi connectivity index (χ4v) is 3.63. The molecule has 2 heterocycles. The van der Waals surface area contributed by atoms with Crippen LogP contribution in [0.1, 0.15) is 24.0 Å². The van der Waals surface area contributed by atoms with Crippen molar-refractivity contribution in [1.82, 2.24) is 4.57 Å². The standard InChI is InChI=1S/C20H18ClNO2/c21-17-13-15(12-14-6-2-1-3-7-14)20-19-16(17)8-9-18(23)22(19)10-4-5-11-24-20/h1-3,6-9,13H,4-5,10-12H2. The van der Waals surface area contributed by atoms with Gasteiger partial charge in [-0.1, -0.05) is 41.9 Å². The molecule has 0 fully saturated rings. The van der Waals surface area contributed by atoms with E-state index in [2.05, 4.69) is 12.1 Å². The molecule has 0 N–H and O–H groups in total. The number of nitrogens with zero attached hydrogens (tertiary/aromatic N) is 1. The van der Waals surface area contributed by atoms with Gasteiger partial charge in [-0.3, -0.25) is 4.79 Å². The second-order valence-electron chi connectivity index (χ2n) is 6.15. The SMILES string of the molecule is O=c1ccc2c(Cl)cc(Cc3ccccc3)c3c2n1CCCCO3. The van der Waals surface area contributed by atoms with Gasteiger partial charge in [0.15, 0.2) is 0 Å². The minimum atomic E-state index is 0.00202. The number of pyridine rings is 1. The van der Waals surface area contributed by atoms with Crippen molar-refractivity contribution in [2.24, 2.45) is 0 Å². The normalized spacial score (nSPS) is 14.0. The summed E-state index contributed by atoms with van der Waals surface area (Å²) >= 11 is 6.53. The van der Waals surface area contributed by atoms with E-state index in [0.29, 0.717) is 18.2 Å². The van der Waals surface area contributed by atoms with Crippen molar-refractivity contribution in [2.45, 2.75) is 25.8 Å². The first-order valence-corrected chi connectivity index (χ1v) is 8.63. The van der Waals surface area contributed by atoms with E-state index in [0.717, 1.165) is 41.5 Å². The molecule has 122 valence electrons. The van der Waals surface area contributed by atoms with Crippen molar-refractivity contribution < 1.29 is 4.74 Å². The van der Waals surface area contributed by atoms with Crippen molar-refractivity contribution in [3.63, 3.8) is 0 Å². The Morgan fingerprint density at radius 3 is 2.75 bits per heavy atom. The molecular formula is C20H18ClNO2. The number of hydrogen-bond donors (Lipinski definition) is 0. The Bertz CT molecular complexity index is 947. The van der Waals surface area contributed by atoms with Gasteiger partial charge in [-0.25, -0.2) is 0 Å². The first-order valence-electron chi connectivity index (χ1n) is 8.26. The van der Waals surface area contributed by atoms with Gasteiger partial charge in [0.2, 0.25) is 0 Å². The lowest BCUT2D eigenvalue weighted by atomic mass is 10.0. The van der Waals surface area contributed by atoms with E-state index in [4.69, 9.17) is 16.3 Å². The predicted molar refractivity (Wildman–Crippen MR) is 97.2 cm³/mol. The van der Waals surface area contributed by atoms with E-state index in [1.807, 2.05) is 28.8 Å². The number of aryl methyl sites for hydroxylation is 1. The molecule has 0 spiro atoms. The quantitative estimate of drug-likeness (QED) is 0.692. The fraction of sp³-hybridized carbons (Fsp3) is 0.250. The van der Waals surface area contributed by atoms with E-state index >= 15 is 0 Å². The average molecular weight is 340 g/mol. The molecule has 4 heteroatoms. The van der Waals surface area contributed by atoms with Crippen LogP contribution in [0.15, 0.2) is 53.3 Å². The van der Waals surface area contributed by atoms with Crippen LogP contribution in [0.2, 0.25) is 5.02 Å². The summed E-state index contributed by atoms with van der Waals surface area (Å²) in [6.07, 6.45) is 2.60. The third-order valence-corrected chi connectivity index (χ3v) is 4.82. The van der Waals surface area contributed by atoms with Crippen LogP contribution in [0.3, 0.4) is 0 Å². The monoisotopic (exact) mass is 339 g/mol. The molecule has 0 unspecified atom stereocenters. The zero-order chi connectivity index (χ0) is 16.5. The van der Waals surface area contributed by atoms with E-state index < -0.39 is 0 Å². The van der Waals surface area contributed by atoms with Gasteiger partial charge in [-0.2, -0.15) is 0 Å². The molecule has 0 amide bonds. The van der Waals surface area contributed by atoms with Crippen LogP contribution in [0.5, 0.6) is 5.75 Å². The lowest BCUT2D eigenvalue weighted by molar-refractivity contribution is 0.295. The Hall–Kier alpha value is -2.26. The molecule has 1 aliphatic heterocycles. The third kappa shape index (κ3) is 2.69. The molecule has 0 aliphatic carbocycles. The van der Waals surface area contributed by atoms with Crippen LogP contribution in [0, 0.1) is 0 Å². The zero-order valence-electron chi connectivity index (χ0n) is 13.3. The molecule has 0 radical (unpaired) electrons. The van der Waals surface area contributed by atoms with Crippen molar-refractivity contribution >= 4 is 22.5 Å². The van der Waals surface area contributed by atoms with Crippen LogP contribution >= 0.6 is 11.6 Å². The molecule has 3 nitrogen and oxygen atoms in total. The third-order valence-electron chi connectivity index (χ3n) is 4.51.